The Morgan fingerprint density at radius 1 is 0.944 bits per heavy atom. The topological polar surface area (TPSA) is 6.48 Å². The van der Waals surface area contributed by atoms with Gasteiger partial charge in [0.15, 0.2) is 0 Å². The van der Waals surface area contributed by atoms with Crippen molar-refractivity contribution in [1.82, 2.24) is 9.80 Å². The molecule has 3 heteroatoms. The van der Waals surface area contributed by atoms with Crippen molar-refractivity contribution < 1.29 is 0 Å². The molecule has 0 aromatic rings. The molecule has 2 nitrogen and oxygen atoms in total. The van der Waals surface area contributed by atoms with Gasteiger partial charge in [-0.3, -0.25) is 0 Å². The van der Waals surface area contributed by atoms with E-state index in [0.717, 1.165) is 0 Å². The molecule has 0 saturated heterocycles. The van der Waals surface area contributed by atoms with Gasteiger partial charge in [0.05, 0.1) is 0 Å². The van der Waals surface area contributed by atoms with Crippen LogP contribution in [0.15, 0.2) is 0 Å². The van der Waals surface area contributed by atoms with E-state index >= 15 is 0 Å². The van der Waals surface area contributed by atoms with Crippen LogP contribution in [-0.2, 0) is 0 Å². The Bertz CT molecular complexity index is 185. The fourth-order valence-corrected chi connectivity index (χ4v) is 9.74. The van der Waals surface area contributed by atoms with Gasteiger partial charge in [-0.1, -0.05) is 0 Å². The molecule has 108 valence electrons. The van der Waals surface area contributed by atoms with Crippen LogP contribution in [0.4, 0.5) is 0 Å². The Kier molecular flexibility index (Phi) is 12.1. The monoisotopic (exact) mass is 358 g/mol. The Morgan fingerprint density at radius 2 is 1.50 bits per heavy atom. The predicted octanol–water partition coefficient (Wildman–Crippen LogP) is 3.57. The maximum absolute atomic E-state index is 2.49. The average molecular weight is 358 g/mol. The summed E-state index contributed by atoms with van der Waals surface area (Å²) < 4.78 is 4.79. The minimum atomic E-state index is -1.13. The summed E-state index contributed by atoms with van der Waals surface area (Å²) in [5.41, 5.74) is 0. The third kappa shape index (κ3) is 9.69. The summed E-state index contributed by atoms with van der Waals surface area (Å²) in [6.07, 6.45) is 2.91. The van der Waals surface area contributed by atoms with Crippen molar-refractivity contribution in [2.75, 3.05) is 33.7 Å². The van der Waals surface area contributed by atoms with E-state index in [1.54, 1.807) is 12.5 Å². The third-order valence-electron chi connectivity index (χ3n) is 4.27. The molecular weight excluding hydrogens is 323 g/mol. The first-order chi connectivity index (χ1) is 8.51. The molecule has 0 aromatic heterocycles. The van der Waals surface area contributed by atoms with E-state index in [-0.39, 0.29) is 0 Å². The normalized spacial score (nSPS) is 11.8. The molecule has 0 aliphatic heterocycles. The summed E-state index contributed by atoms with van der Waals surface area (Å²) >= 11 is -1.13. The quantitative estimate of drug-likeness (QED) is 0.557. The maximum atomic E-state index is 2.49. The second-order valence-corrected chi connectivity index (χ2v) is 16.6. The first kappa shape index (κ1) is 18.8. The van der Waals surface area contributed by atoms with Gasteiger partial charge in [0.25, 0.3) is 0 Å². The van der Waals surface area contributed by atoms with Crippen LogP contribution in [0.2, 0.25) is 12.5 Å². The summed E-state index contributed by atoms with van der Waals surface area (Å²) in [6.45, 7) is 13.1. The summed E-state index contributed by atoms with van der Waals surface area (Å²) in [5, 5.41) is 0. The summed E-state index contributed by atoms with van der Waals surface area (Å²) in [7, 11) is 4.51. The van der Waals surface area contributed by atoms with Gasteiger partial charge in [0, 0.05) is 0 Å². The van der Waals surface area contributed by atoms with Crippen LogP contribution in [-0.4, -0.2) is 71.0 Å². The SMILES string of the molecule is CCN(C)CC[CH2][In]([CH2]C)[CH2]CCN(C)C(C)C. The molecule has 0 aliphatic rings. The molecule has 0 aromatic carbocycles. The van der Waals surface area contributed by atoms with E-state index in [2.05, 4.69) is 51.6 Å². The van der Waals surface area contributed by atoms with Crippen molar-refractivity contribution in [2.45, 2.75) is 59.1 Å². The van der Waals surface area contributed by atoms with Crippen molar-refractivity contribution in [3.8, 4) is 0 Å². The first-order valence-electron chi connectivity index (χ1n) is 7.89. The number of nitrogens with zero attached hydrogens (tertiary/aromatic N) is 2. The third-order valence-corrected chi connectivity index (χ3v) is 14.6. The van der Waals surface area contributed by atoms with Crippen LogP contribution in [0, 0.1) is 0 Å². The second kappa shape index (κ2) is 11.6. The molecule has 0 saturated carbocycles. The van der Waals surface area contributed by atoms with E-state index in [4.69, 9.17) is 0 Å². The zero-order chi connectivity index (χ0) is 14.0. The molecule has 0 aliphatic carbocycles. The van der Waals surface area contributed by atoms with Crippen molar-refractivity contribution in [1.29, 1.82) is 0 Å². The number of rotatable bonds is 11. The molecule has 0 atom stereocenters. The molecule has 0 fully saturated rings. The first-order valence-corrected chi connectivity index (χ1v) is 14.9. The van der Waals surface area contributed by atoms with Gasteiger partial charge in [0.2, 0.25) is 0 Å². The van der Waals surface area contributed by atoms with Crippen LogP contribution in [0.3, 0.4) is 0 Å². The van der Waals surface area contributed by atoms with Gasteiger partial charge < -0.3 is 0 Å². The summed E-state index contributed by atoms with van der Waals surface area (Å²) in [6, 6.07) is 0.707. The fraction of sp³-hybridized carbons (Fsp3) is 1.00. The van der Waals surface area contributed by atoms with Gasteiger partial charge >= 0.3 is 124 Å². The van der Waals surface area contributed by atoms with Gasteiger partial charge in [0.1, 0.15) is 0 Å². The molecule has 0 N–H and O–H groups in total. The van der Waals surface area contributed by atoms with E-state index < -0.39 is 21.4 Å². The van der Waals surface area contributed by atoms with E-state index in [0.29, 0.717) is 6.04 Å². The van der Waals surface area contributed by atoms with Gasteiger partial charge in [-0.05, 0) is 0 Å². The second-order valence-electron chi connectivity index (χ2n) is 6.03. The zero-order valence-corrected chi connectivity index (χ0v) is 17.0. The summed E-state index contributed by atoms with van der Waals surface area (Å²) in [4.78, 5) is 4.94. The fourth-order valence-electron chi connectivity index (χ4n) is 2.25. The summed E-state index contributed by atoms with van der Waals surface area (Å²) in [5.74, 6) is 0. The van der Waals surface area contributed by atoms with Crippen LogP contribution >= 0.6 is 0 Å². The van der Waals surface area contributed by atoms with Gasteiger partial charge in [-0.15, -0.1) is 0 Å². The van der Waals surface area contributed by atoms with Crippen LogP contribution in [0.5, 0.6) is 0 Å². The van der Waals surface area contributed by atoms with Crippen molar-refractivity contribution in [2.24, 2.45) is 0 Å². The molecule has 0 unspecified atom stereocenters. The molecular formula is C15H35InN2. The van der Waals surface area contributed by atoms with Crippen LogP contribution < -0.4 is 0 Å². The average Bonchev–Trinajstić information content (AvgIpc) is 2.36. The molecule has 0 heterocycles. The van der Waals surface area contributed by atoms with Crippen LogP contribution in [0.25, 0.3) is 0 Å². The van der Waals surface area contributed by atoms with E-state index in [1.807, 2.05) is 0 Å². The standard InChI is InChI=1S/C7H16N.C6H14N.C2H5.In/c1-5-6-8(4)7(2)3;1-4-6-7(3)5-2;1-2;/h7H,1,5-6H2,2-4H3;1,4-6H2,2-3H3;1H2,2H3;. The van der Waals surface area contributed by atoms with E-state index in [1.165, 1.54) is 32.5 Å². The van der Waals surface area contributed by atoms with Gasteiger partial charge in [-0.25, -0.2) is 0 Å². The molecule has 18 heavy (non-hydrogen) atoms. The molecule has 0 rings (SSSR count). The van der Waals surface area contributed by atoms with Crippen molar-refractivity contribution in [3.63, 3.8) is 0 Å². The molecule has 0 bridgehead atoms. The van der Waals surface area contributed by atoms with Crippen molar-refractivity contribution >= 4 is 21.4 Å². The van der Waals surface area contributed by atoms with Crippen molar-refractivity contribution in [3.05, 3.63) is 0 Å². The molecule has 0 radical (unpaired) electrons. The van der Waals surface area contributed by atoms with Crippen LogP contribution in [0.1, 0.15) is 40.5 Å². The predicted molar refractivity (Wildman–Crippen MR) is 86.0 cm³/mol. The Balaban J connectivity index is 3.64. The minimum absolute atomic E-state index is 0.707. The Hall–Kier alpha value is 0.790. The van der Waals surface area contributed by atoms with Gasteiger partial charge in [-0.2, -0.15) is 0 Å². The number of hydrogen-bond acceptors (Lipinski definition) is 2. The van der Waals surface area contributed by atoms with E-state index in [9.17, 15) is 0 Å². The Labute approximate surface area is 124 Å². The molecule has 0 spiro atoms. The molecule has 0 amide bonds. The Morgan fingerprint density at radius 3 is 1.94 bits per heavy atom. The number of hydrogen-bond donors (Lipinski definition) is 0. The zero-order valence-electron chi connectivity index (χ0n) is 13.7.